The number of halogens is 3. The first-order valence-electron chi connectivity index (χ1n) is 5.09. The molecule has 0 aromatic heterocycles. The molecule has 1 unspecified atom stereocenters. The Kier molecular flexibility index (Phi) is 5.07. The van der Waals surface area contributed by atoms with Crippen LogP contribution in [0.4, 0.5) is 4.39 Å². The molecule has 0 nitrogen and oxygen atoms in total. The Morgan fingerprint density at radius 1 is 1.33 bits per heavy atom. The molecule has 0 heterocycles. The van der Waals surface area contributed by atoms with Crippen molar-refractivity contribution in [2.75, 3.05) is 0 Å². The minimum absolute atomic E-state index is 0.0238. The highest BCUT2D eigenvalue weighted by Gasteiger charge is 2.10. The van der Waals surface area contributed by atoms with E-state index in [1.165, 1.54) is 6.07 Å². The topological polar surface area (TPSA) is 0 Å². The molecule has 0 radical (unpaired) electrons. The summed E-state index contributed by atoms with van der Waals surface area (Å²) in [5.74, 6) is 0.404. The van der Waals surface area contributed by atoms with Gasteiger partial charge in [0, 0.05) is 0 Å². The van der Waals surface area contributed by atoms with Crippen LogP contribution < -0.4 is 0 Å². The molecule has 0 amide bonds. The van der Waals surface area contributed by atoms with E-state index < -0.39 is 0 Å². The molecule has 0 spiro atoms. The molecular weight excluding hydrogens is 278 g/mol. The van der Waals surface area contributed by atoms with E-state index in [2.05, 4.69) is 29.8 Å². The summed E-state index contributed by atoms with van der Waals surface area (Å²) in [5, 5.41) is -0.0238. The third-order valence-electron chi connectivity index (χ3n) is 2.30. The van der Waals surface area contributed by atoms with Crippen LogP contribution in [0.3, 0.4) is 0 Å². The molecular formula is C12H15BrClF. The number of benzene rings is 1. The van der Waals surface area contributed by atoms with Gasteiger partial charge in [0.15, 0.2) is 0 Å². The average molecular weight is 294 g/mol. The maximum Gasteiger partial charge on any atom is 0.137 e. The Balaban J connectivity index is 2.65. The lowest BCUT2D eigenvalue weighted by atomic mass is 10.0. The van der Waals surface area contributed by atoms with Crippen molar-refractivity contribution in [2.45, 2.75) is 32.1 Å². The largest absolute Gasteiger partial charge is 0.206 e. The van der Waals surface area contributed by atoms with E-state index in [1.807, 2.05) is 0 Å². The molecule has 0 saturated heterocycles. The van der Waals surface area contributed by atoms with Gasteiger partial charge in [0.2, 0.25) is 0 Å². The molecule has 1 aromatic carbocycles. The minimum Gasteiger partial charge on any atom is -0.206 e. The van der Waals surface area contributed by atoms with E-state index in [9.17, 15) is 4.39 Å². The molecule has 0 bridgehead atoms. The Morgan fingerprint density at radius 3 is 2.53 bits per heavy atom. The molecule has 15 heavy (non-hydrogen) atoms. The lowest BCUT2D eigenvalue weighted by molar-refractivity contribution is 0.548. The molecule has 1 rings (SSSR count). The van der Waals surface area contributed by atoms with E-state index >= 15 is 0 Å². The van der Waals surface area contributed by atoms with Gasteiger partial charge < -0.3 is 0 Å². The molecule has 0 aliphatic carbocycles. The third kappa shape index (κ3) is 4.12. The molecule has 1 atom stereocenters. The molecule has 0 aliphatic heterocycles. The average Bonchev–Trinajstić information content (AvgIpc) is 2.18. The van der Waals surface area contributed by atoms with Crippen molar-refractivity contribution in [1.82, 2.24) is 0 Å². The van der Waals surface area contributed by atoms with Gasteiger partial charge in [-0.3, -0.25) is 0 Å². The van der Waals surface area contributed by atoms with Gasteiger partial charge in [0.05, 0.1) is 9.85 Å². The van der Waals surface area contributed by atoms with Crippen molar-refractivity contribution < 1.29 is 4.39 Å². The molecule has 3 heteroatoms. The van der Waals surface area contributed by atoms with Crippen LogP contribution in [0.25, 0.3) is 0 Å². The van der Waals surface area contributed by atoms with Gasteiger partial charge in [-0.25, -0.2) is 4.39 Å². The highest BCUT2D eigenvalue weighted by Crippen LogP contribution is 2.29. The quantitative estimate of drug-likeness (QED) is 0.660. The smallest absolute Gasteiger partial charge is 0.137 e. The summed E-state index contributed by atoms with van der Waals surface area (Å²) in [7, 11) is 0. The number of hydrogen-bond donors (Lipinski definition) is 0. The zero-order valence-electron chi connectivity index (χ0n) is 8.93. The van der Waals surface area contributed by atoms with Crippen molar-refractivity contribution in [1.29, 1.82) is 0 Å². The normalized spacial score (nSPS) is 13.2. The maximum atomic E-state index is 13.0. The fraction of sp³-hybridized carbons (Fsp3) is 0.500. The zero-order valence-corrected chi connectivity index (χ0v) is 11.3. The summed E-state index contributed by atoms with van der Waals surface area (Å²) in [4.78, 5) is 0. The fourth-order valence-electron chi connectivity index (χ4n) is 1.35. The van der Waals surface area contributed by atoms with Crippen molar-refractivity contribution in [3.05, 3.63) is 34.1 Å². The predicted octanol–water partition coefficient (Wildman–Crippen LogP) is 5.30. The van der Waals surface area contributed by atoms with E-state index in [1.54, 1.807) is 12.1 Å². The second-order valence-electron chi connectivity index (χ2n) is 4.11. The standard InChI is InChI=1S/C12H15BrClF/c1-8(2)3-5-11(14)9-4-6-12(15)10(13)7-9/h4,6-8,11H,3,5H2,1-2H3. The summed E-state index contributed by atoms with van der Waals surface area (Å²) in [6.45, 7) is 4.34. The highest BCUT2D eigenvalue weighted by molar-refractivity contribution is 9.10. The van der Waals surface area contributed by atoms with Crippen LogP contribution in [0.5, 0.6) is 0 Å². The Bertz CT molecular complexity index is 325. The molecule has 1 aromatic rings. The minimum atomic E-state index is -0.244. The monoisotopic (exact) mass is 292 g/mol. The lowest BCUT2D eigenvalue weighted by Gasteiger charge is -2.11. The molecule has 84 valence electrons. The lowest BCUT2D eigenvalue weighted by Crippen LogP contribution is -1.95. The van der Waals surface area contributed by atoms with Crippen molar-refractivity contribution in [3.8, 4) is 0 Å². The Labute approximate surface area is 104 Å². The van der Waals surface area contributed by atoms with Gasteiger partial charge in [-0.2, -0.15) is 0 Å². The third-order valence-corrected chi connectivity index (χ3v) is 3.38. The van der Waals surface area contributed by atoms with Crippen LogP contribution in [0.2, 0.25) is 0 Å². The molecule has 0 saturated carbocycles. The Morgan fingerprint density at radius 2 is 2.00 bits per heavy atom. The van der Waals surface area contributed by atoms with E-state index in [0.717, 1.165) is 18.4 Å². The summed E-state index contributed by atoms with van der Waals surface area (Å²) in [6, 6.07) is 4.95. The summed E-state index contributed by atoms with van der Waals surface area (Å²) >= 11 is 9.39. The van der Waals surface area contributed by atoms with Gasteiger partial charge in [-0.1, -0.05) is 19.9 Å². The van der Waals surface area contributed by atoms with Gasteiger partial charge in [-0.05, 0) is 52.4 Å². The van der Waals surface area contributed by atoms with Crippen LogP contribution in [-0.2, 0) is 0 Å². The second kappa shape index (κ2) is 5.86. The molecule has 0 aliphatic rings. The van der Waals surface area contributed by atoms with Gasteiger partial charge >= 0.3 is 0 Å². The van der Waals surface area contributed by atoms with E-state index in [-0.39, 0.29) is 11.2 Å². The summed E-state index contributed by atoms with van der Waals surface area (Å²) in [5.41, 5.74) is 0.977. The molecule has 0 N–H and O–H groups in total. The SMILES string of the molecule is CC(C)CCC(Cl)c1ccc(F)c(Br)c1. The fourth-order valence-corrected chi connectivity index (χ4v) is 2.01. The van der Waals surface area contributed by atoms with E-state index in [0.29, 0.717) is 10.4 Å². The predicted molar refractivity (Wildman–Crippen MR) is 66.8 cm³/mol. The number of alkyl halides is 1. The number of rotatable bonds is 4. The van der Waals surface area contributed by atoms with E-state index in [4.69, 9.17) is 11.6 Å². The Hall–Kier alpha value is -0.0800. The van der Waals surface area contributed by atoms with Crippen LogP contribution >= 0.6 is 27.5 Å². The van der Waals surface area contributed by atoms with Crippen LogP contribution in [0.15, 0.2) is 22.7 Å². The van der Waals surface area contributed by atoms with Gasteiger partial charge in [0.25, 0.3) is 0 Å². The van der Waals surface area contributed by atoms with Crippen molar-refractivity contribution >= 4 is 27.5 Å². The van der Waals surface area contributed by atoms with Gasteiger partial charge in [-0.15, -0.1) is 11.6 Å². The first kappa shape index (κ1) is 13.0. The molecule has 0 fully saturated rings. The first-order chi connectivity index (χ1) is 7.00. The van der Waals surface area contributed by atoms with Crippen molar-refractivity contribution in [3.63, 3.8) is 0 Å². The van der Waals surface area contributed by atoms with Crippen molar-refractivity contribution in [2.24, 2.45) is 5.92 Å². The maximum absolute atomic E-state index is 13.0. The summed E-state index contributed by atoms with van der Waals surface area (Å²) in [6.07, 6.45) is 2.01. The second-order valence-corrected chi connectivity index (χ2v) is 5.49. The first-order valence-corrected chi connectivity index (χ1v) is 6.32. The van der Waals surface area contributed by atoms with Crippen LogP contribution in [0.1, 0.15) is 37.6 Å². The highest BCUT2D eigenvalue weighted by atomic mass is 79.9. The van der Waals surface area contributed by atoms with Crippen LogP contribution in [0, 0.1) is 11.7 Å². The van der Waals surface area contributed by atoms with Gasteiger partial charge in [0.1, 0.15) is 5.82 Å². The van der Waals surface area contributed by atoms with Crippen LogP contribution in [-0.4, -0.2) is 0 Å². The summed E-state index contributed by atoms with van der Waals surface area (Å²) < 4.78 is 13.5. The number of hydrogen-bond acceptors (Lipinski definition) is 0. The zero-order chi connectivity index (χ0) is 11.4.